The number of benzene rings is 1. The van der Waals surface area contributed by atoms with Gasteiger partial charge in [0.25, 0.3) is 0 Å². The average Bonchev–Trinajstić information content (AvgIpc) is 3.52. The zero-order valence-electron chi connectivity index (χ0n) is 19.5. The predicted octanol–water partition coefficient (Wildman–Crippen LogP) is 5.29. The number of nitrogens with one attached hydrogen (secondary N) is 1. The normalized spacial score (nSPS) is 12.3. The molecule has 1 aliphatic rings. The second kappa shape index (κ2) is 11.9. The maximum absolute atomic E-state index is 13.3. The molecule has 1 N–H and O–H groups in total. The van der Waals surface area contributed by atoms with Crippen LogP contribution in [-0.4, -0.2) is 39.0 Å². The fraction of sp³-hybridized carbons (Fsp3) is 0.333. The molecule has 0 atom stereocenters. The minimum absolute atomic E-state index is 0.0442. The Morgan fingerprint density at radius 3 is 2.94 bits per heavy atom. The molecule has 0 spiro atoms. The van der Waals surface area contributed by atoms with Gasteiger partial charge in [0.1, 0.15) is 23.2 Å². The second-order valence-corrected chi connectivity index (χ2v) is 10.2. The summed E-state index contributed by atoms with van der Waals surface area (Å²) in [5.74, 6) is -0.255. The number of hydrogen-bond acceptors (Lipinski definition) is 8. The number of fused-ring (bicyclic) bond motifs is 1. The lowest BCUT2D eigenvalue weighted by molar-refractivity contribution is -0.113. The summed E-state index contributed by atoms with van der Waals surface area (Å²) in [6.45, 7) is 6.24. The van der Waals surface area contributed by atoms with E-state index >= 15 is 0 Å². The molecular weight excluding hydrogens is 527 g/mol. The first-order valence-electron chi connectivity index (χ1n) is 11.3. The van der Waals surface area contributed by atoms with Crippen LogP contribution in [0, 0.1) is 5.82 Å². The molecule has 2 aromatic heterocycles. The number of carbonyl (C=O) groups excluding carboxylic acids is 2. The number of thiophene rings is 1. The zero-order valence-corrected chi connectivity index (χ0v) is 21.9. The molecule has 190 valence electrons. The van der Waals surface area contributed by atoms with E-state index in [4.69, 9.17) is 21.1 Å². The largest absolute Gasteiger partial charge is 0.484 e. The molecule has 1 amide bonds. The fourth-order valence-corrected chi connectivity index (χ4v) is 6.07. The Hall–Kier alpha value is -2.89. The van der Waals surface area contributed by atoms with Crippen LogP contribution in [-0.2, 0) is 35.5 Å². The third-order valence-corrected chi connectivity index (χ3v) is 7.81. The number of carbonyl (C=O) groups is 2. The first kappa shape index (κ1) is 26.2. The molecule has 12 heteroatoms. The summed E-state index contributed by atoms with van der Waals surface area (Å²) in [5, 5.41) is 12.4. The molecule has 36 heavy (non-hydrogen) atoms. The van der Waals surface area contributed by atoms with Crippen LogP contribution in [0.4, 0.5) is 9.39 Å². The number of amides is 1. The Morgan fingerprint density at radius 2 is 2.19 bits per heavy atom. The van der Waals surface area contributed by atoms with Gasteiger partial charge in [-0.15, -0.1) is 28.1 Å². The summed E-state index contributed by atoms with van der Waals surface area (Å²) in [6.07, 6.45) is 4.38. The number of esters is 1. The number of thioether (sulfide) groups is 1. The molecule has 1 aromatic carbocycles. The van der Waals surface area contributed by atoms with Crippen molar-refractivity contribution in [3.63, 3.8) is 0 Å². The molecule has 0 saturated heterocycles. The maximum atomic E-state index is 13.3. The summed E-state index contributed by atoms with van der Waals surface area (Å²) in [5.41, 5.74) is 1.46. The number of rotatable bonds is 11. The Morgan fingerprint density at radius 1 is 1.36 bits per heavy atom. The van der Waals surface area contributed by atoms with Crippen LogP contribution in [0.25, 0.3) is 0 Å². The number of hydrogen-bond donors (Lipinski definition) is 1. The van der Waals surface area contributed by atoms with Gasteiger partial charge in [-0.2, -0.15) is 0 Å². The fourth-order valence-electron chi connectivity index (χ4n) is 3.78. The van der Waals surface area contributed by atoms with Gasteiger partial charge in [0.05, 0.1) is 22.9 Å². The Kier molecular flexibility index (Phi) is 8.65. The van der Waals surface area contributed by atoms with Gasteiger partial charge < -0.3 is 14.8 Å². The summed E-state index contributed by atoms with van der Waals surface area (Å²) < 4.78 is 25.9. The van der Waals surface area contributed by atoms with Gasteiger partial charge >= 0.3 is 5.97 Å². The predicted molar refractivity (Wildman–Crippen MR) is 138 cm³/mol. The summed E-state index contributed by atoms with van der Waals surface area (Å²) in [6, 6.07) is 3.86. The highest BCUT2D eigenvalue weighted by Crippen LogP contribution is 2.39. The van der Waals surface area contributed by atoms with Crippen LogP contribution in [0.3, 0.4) is 0 Å². The molecule has 4 rings (SSSR count). The summed E-state index contributed by atoms with van der Waals surface area (Å²) >= 11 is 8.66. The van der Waals surface area contributed by atoms with Crippen LogP contribution >= 0.6 is 34.7 Å². The number of nitrogens with zero attached hydrogens (tertiary/aromatic N) is 3. The van der Waals surface area contributed by atoms with Gasteiger partial charge in [0.15, 0.2) is 11.0 Å². The molecule has 0 fully saturated rings. The molecule has 0 aliphatic heterocycles. The van der Waals surface area contributed by atoms with Crippen molar-refractivity contribution in [2.24, 2.45) is 0 Å². The van der Waals surface area contributed by atoms with Crippen LogP contribution in [0.2, 0.25) is 5.02 Å². The van der Waals surface area contributed by atoms with Crippen LogP contribution < -0.4 is 10.1 Å². The smallest absolute Gasteiger partial charge is 0.341 e. The van der Waals surface area contributed by atoms with Crippen LogP contribution in [0.5, 0.6) is 5.75 Å². The Labute approximate surface area is 220 Å². The first-order valence-corrected chi connectivity index (χ1v) is 13.4. The standard InChI is InChI=1S/C24H24ClFN4O4S2/c1-3-10-30-19(12-34-17-9-8-14(26)11-16(17)25)28-29-24(30)35-13-20(31)27-22-21(23(32)33-4-2)15-6-5-7-18(15)36-22/h3,8-9,11H,1,4-7,10,12-13H2,2H3,(H,27,31). The van der Waals surface area contributed by atoms with E-state index in [0.717, 1.165) is 29.7 Å². The van der Waals surface area contributed by atoms with Gasteiger partial charge in [-0.05, 0) is 49.9 Å². The maximum Gasteiger partial charge on any atom is 0.341 e. The van der Waals surface area contributed by atoms with E-state index in [1.807, 2.05) is 0 Å². The van der Waals surface area contributed by atoms with Crippen molar-refractivity contribution >= 4 is 51.6 Å². The van der Waals surface area contributed by atoms with Gasteiger partial charge in [-0.1, -0.05) is 29.4 Å². The number of halogens is 2. The Bertz CT molecular complexity index is 1290. The third kappa shape index (κ3) is 5.91. The lowest BCUT2D eigenvalue weighted by atomic mass is 10.1. The molecule has 0 radical (unpaired) electrons. The van der Waals surface area contributed by atoms with Crippen molar-refractivity contribution in [1.29, 1.82) is 0 Å². The van der Waals surface area contributed by atoms with E-state index in [9.17, 15) is 14.0 Å². The topological polar surface area (TPSA) is 95.3 Å². The molecule has 8 nitrogen and oxygen atoms in total. The van der Waals surface area contributed by atoms with Crippen LogP contribution in [0.15, 0.2) is 36.0 Å². The van der Waals surface area contributed by atoms with Crippen molar-refractivity contribution < 1.29 is 23.5 Å². The highest BCUT2D eigenvalue weighted by molar-refractivity contribution is 7.99. The van der Waals surface area contributed by atoms with E-state index in [-0.39, 0.29) is 29.9 Å². The lowest BCUT2D eigenvalue weighted by Crippen LogP contribution is -2.17. The molecule has 0 saturated carbocycles. The molecule has 0 unspecified atom stereocenters. The molecular formula is C24H24ClFN4O4S2. The average molecular weight is 551 g/mol. The summed E-state index contributed by atoms with van der Waals surface area (Å²) in [4.78, 5) is 26.4. The lowest BCUT2D eigenvalue weighted by Gasteiger charge is -2.10. The van der Waals surface area contributed by atoms with Crippen molar-refractivity contribution in [2.45, 2.75) is 44.5 Å². The van der Waals surface area contributed by atoms with E-state index in [1.165, 1.54) is 41.3 Å². The molecule has 3 aromatic rings. The van der Waals surface area contributed by atoms with Crippen molar-refractivity contribution in [2.75, 3.05) is 17.7 Å². The van der Waals surface area contributed by atoms with Crippen molar-refractivity contribution in [3.05, 3.63) is 63.5 Å². The van der Waals surface area contributed by atoms with E-state index < -0.39 is 11.8 Å². The van der Waals surface area contributed by atoms with Crippen molar-refractivity contribution in [3.8, 4) is 5.75 Å². The molecule has 0 bridgehead atoms. The highest BCUT2D eigenvalue weighted by atomic mass is 35.5. The van der Waals surface area contributed by atoms with E-state index in [1.54, 1.807) is 17.6 Å². The van der Waals surface area contributed by atoms with Crippen LogP contribution in [0.1, 0.15) is 40.0 Å². The van der Waals surface area contributed by atoms with E-state index in [0.29, 0.717) is 33.8 Å². The molecule has 1 aliphatic carbocycles. The van der Waals surface area contributed by atoms with Crippen molar-refractivity contribution in [1.82, 2.24) is 14.8 Å². The van der Waals surface area contributed by atoms with E-state index in [2.05, 4.69) is 22.1 Å². The highest BCUT2D eigenvalue weighted by Gasteiger charge is 2.28. The zero-order chi connectivity index (χ0) is 25.7. The SMILES string of the molecule is C=CCn1c(COc2ccc(F)cc2Cl)nnc1SCC(=O)Nc1sc2c(c1C(=O)OCC)CCC2. The Balaban J connectivity index is 1.42. The first-order chi connectivity index (χ1) is 17.4. The number of ether oxygens (including phenoxy) is 2. The van der Waals surface area contributed by atoms with Gasteiger partial charge in [0, 0.05) is 11.4 Å². The minimum atomic E-state index is -0.458. The number of aryl methyl sites for hydroxylation is 1. The quantitative estimate of drug-likeness (QED) is 0.197. The number of aromatic nitrogens is 3. The minimum Gasteiger partial charge on any atom is -0.484 e. The second-order valence-electron chi connectivity index (χ2n) is 7.78. The van der Waals surface area contributed by atoms with Gasteiger partial charge in [0.2, 0.25) is 5.91 Å². The van der Waals surface area contributed by atoms with Gasteiger partial charge in [-0.25, -0.2) is 9.18 Å². The molecule has 2 heterocycles. The number of anilines is 1. The summed E-state index contributed by atoms with van der Waals surface area (Å²) in [7, 11) is 0. The van der Waals surface area contributed by atoms with Gasteiger partial charge in [-0.3, -0.25) is 9.36 Å². The third-order valence-electron chi connectivity index (χ3n) is 5.34. The monoisotopic (exact) mass is 550 g/mol. The number of allylic oxidation sites excluding steroid dienone is 1.